The SMILES string of the molecule is CC1=CC(CNCCNCC2=CC(C)=CC(C34CC5CC(CC(C5)C3)C4)C2O)CC(C23CC4CC(CC(C4)C2)C3)=C1. The number of aliphatic hydroxyl groups excluding tert-OH is 1. The van der Waals surface area contributed by atoms with Crippen molar-refractivity contribution in [3.05, 3.63) is 46.6 Å². The van der Waals surface area contributed by atoms with E-state index in [1.165, 1.54) is 100 Å². The molecule has 8 fully saturated rings. The van der Waals surface area contributed by atoms with Crippen LogP contribution in [-0.2, 0) is 0 Å². The highest BCUT2D eigenvalue weighted by atomic mass is 16.3. The van der Waals surface area contributed by atoms with E-state index in [-0.39, 0.29) is 6.10 Å². The highest BCUT2D eigenvalue weighted by Crippen LogP contribution is 2.65. The lowest BCUT2D eigenvalue weighted by Crippen LogP contribution is -2.52. The van der Waals surface area contributed by atoms with Crippen molar-refractivity contribution in [1.29, 1.82) is 0 Å². The molecule has 0 aromatic carbocycles. The number of rotatable bonds is 9. The second-order valence-corrected chi connectivity index (χ2v) is 17.0. The first-order valence-electron chi connectivity index (χ1n) is 17.7. The second kappa shape index (κ2) is 10.5. The Labute approximate surface area is 249 Å². The van der Waals surface area contributed by atoms with Gasteiger partial charge in [-0.15, -0.1) is 0 Å². The standard InChI is InChI=1S/C38H56N2O/c1-24-5-32(15-34(7-24)37-16-26-9-27(17-37)11-28(10-26)18-37)22-39-3-4-40-23-33-6-25(2)8-35(36(33)41)38-19-29-12-30(20-38)14-31(13-29)21-38/h5-8,26-32,35-36,39-41H,3-4,9-23H2,1-2H3. The van der Waals surface area contributed by atoms with Crippen molar-refractivity contribution in [1.82, 2.24) is 10.6 Å². The van der Waals surface area contributed by atoms with Crippen molar-refractivity contribution in [2.24, 2.45) is 58.2 Å². The van der Waals surface area contributed by atoms with Crippen molar-refractivity contribution in [2.45, 2.75) is 103 Å². The van der Waals surface area contributed by atoms with Crippen LogP contribution in [0.4, 0.5) is 0 Å². The quantitative estimate of drug-likeness (QED) is 0.260. The molecule has 3 unspecified atom stereocenters. The van der Waals surface area contributed by atoms with E-state index in [0.29, 0.717) is 22.7 Å². The number of hydrogen-bond donors (Lipinski definition) is 3. The Hall–Kier alpha value is -1.16. The van der Waals surface area contributed by atoms with E-state index in [2.05, 4.69) is 48.8 Å². The van der Waals surface area contributed by atoms with Gasteiger partial charge in [-0.3, -0.25) is 0 Å². The van der Waals surface area contributed by atoms with Crippen LogP contribution in [0.3, 0.4) is 0 Å². The molecule has 0 spiro atoms. The van der Waals surface area contributed by atoms with Crippen LogP contribution in [0.2, 0.25) is 0 Å². The van der Waals surface area contributed by atoms with E-state index in [4.69, 9.17) is 0 Å². The molecule has 8 bridgehead atoms. The Kier molecular flexibility index (Phi) is 7.00. The predicted octanol–water partition coefficient (Wildman–Crippen LogP) is 7.35. The Morgan fingerprint density at radius 1 is 0.707 bits per heavy atom. The summed E-state index contributed by atoms with van der Waals surface area (Å²) < 4.78 is 0. The van der Waals surface area contributed by atoms with Crippen LogP contribution in [0, 0.1) is 58.2 Å². The molecule has 10 rings (SSSR count). The summed E-state index contributed by atoms with van der Waals surface area (Å²) in [6.07, 6.45) is 28.4. The summed E-state index contributed by atoms with van der Waals surface area (Å²) in [5.41, 5.74) is 6.83. The molecule has 0 aliphatic heterocycles. The van der Waals surface area contributed by atoms with Crippen molar-refractivity contribution in [3.8, 4) is 0 Å². The fourth-order valence-electron chi connectivity index (χ4n) is 13.1. The Bertz CT molecular complexity index is 1080. The summed E-state index contributed by atoms with van der Waals surface area (Å²) >= 11 is 0. The van der Waals surface area contributed by atoms with Gasteiger partial charge in [0.2, 0.25) is 0 Å². The Morgan fingerprint density at radius 2 is 1.24 bits per heavy atom. The molecule has 8 saturated carbocycles. The second-order valence-electron chi connectivity index (χ2n) is 17.0. The zero-order valence-corrected chi connectivity index (χ0v) is 26.0. The van der Waals surface area contributed by atoms with Gasteiger partial charge in [0.15, 0.2) is 0 Å². The van der Waals surface area contributed by atoms with Gasteiger partial charge in [0.05, 0.1) is 6.10 Å². The molecule has 3 nitrogen and oxygen atoms in total. The first kappa shape index (κ1) is 27.4. The van der Waals surface area contributed by atoms with Crippen LogP contribution in [-0.4, -0.2) is 37.4 Å². The number of aliphatic hydroxyl groups is 1. The molecule has 0 heterocycles. The fourth-order valence-corrected chi connectivity index (χ4v) is 13.1. The molecule has 0 aromatic rings. The number of hydrogen-bond acceptors (Lipinski definition) is 3. The normalized spacial score (nSPS) is 47.7. The molecule has 3 atom stereocenters. The minimum Gasteiger partial charge on any atom is -0.388 e. The van der Waals surface area contributed by atoms with E-state index in [0.717, 1.165) is 61.7 Å². The van der Waals surface area contributed by atoms with Gasteiger partial charge in [0, 0.05) is 32.1 Å². The molecule has 10 aliphatic carbocycles. The van der Waals surface area contributed by atoms with Crippen LogP contribution >= 0.6 is 0 Å². The summed E-state index contributed by atoms with van der Waals surface area (Å²) in [6.45, 7) is 8.46. The fraction of sp³-hybridized carbons (Fsp3) is 0.789. The smallest absolute Gasteiger partial charge is 0.0833 e. The molecular formula is C38H56N2O. The van der Waals surface area contributed by atoms with Crippen molar-refractivity contribution >= 4 is 0 Å². The topological polar surface area (TPSA) is 44.3 Å². The summed E-state index contributed by atoms with van der Waals surface area (Å²) in [5.74, 6) is 6.84. The van der Waals surface area contributed by atoms with Gasteiger partial charge >= 0.3 is 0 Å². The van der Waals surface area contributed by atoms with Gasteiger partial charge in [0.25, 0.3) is 0 Å². The Balaban J connectivity index is 0.815. The first-order valence-corrected chi connectivity index (χ1v) is 17.7. The maximum atomic E-state index is 11.6. The van der Waals surface area contributed by atoms with Gasteiger partial charge in [-0.25, -0.2) is 0 Å². The average Bonchev–Trinajstić information content (AvgIpc) is 2.90. The molecule has 10 aliphatic rings. The van der Waals surface area contributed by atoms with E-state index < -0.39 is 0 Å². The predicted molar refractivity (Wildman–Crippen MR) is 168 cm³/mol. The number of nitrogens with one attached hydrogen (secondary N) is 2. The Morgan fingerprint density at radius 3 is 1.85 bits per heavy atom. The molecule has 0 saturated heterocycles. The molecule has 3 heteroatoms. The zero-order valence-electron chi connectivity index (χ0n) is 26.0. The summed E-state index contributed by atoms with van der Waals surface area (Å²) in [4.78, 5) is 0. The monoisotopic (exact) mass is 556 g/mol. The summed E-state index contributed by atoms with van der Waals surface area (Å²) in [7, 11) is 0. The third-order valence-corrected chi connectivity index (χ3v) is 13.7. The van der Waals surface area contributed by atoms with E-state index in [1.807, 2.05) is 5.57 Å². The molecule has 41 heavy (non-hydrogen) atoms. The molecular weight excluding hydrogens is 500 g/mol. The van der Waals surface area contributed by atoms with Crippen molar-refractivity contribution < 1.29 is 5.11 Å². The van der Waals surface area contributed by atoms with Gasteiger partial charge < -0.3 is 15.7 Å². The molecule has 224 valence electrons. The molecule has 3 N–H and O–H groups in total. The first-order chi connectivity index (χ1) is 19.8. The third-order valence-electron chi connectivity index (χ3n) is 13.7. The molecule has 0 radical (unpaired) electrons. The van der Waals surface area contributed by atoms with Crippen molar-refractivity contribution in [3.63, 3.8) is 0 Å². The summed E-state index contributed by atoms with van der Waals surface area (Å²) in [6, 6.07) is 0. The lowest BCUT2D eigenvalue weighted by molar-refractivity contribution is -0.0975. The van der Waals surface area contributed by atoms with Crippen LogP contribution < -0.4 is 10.6 Å². The minimum atomic E-state index is -0.305. The van der Waals surface area contributed by atoms with Crippen LogP contribution in [0.15, 0.2) is 46.6 Å². The highest BCUT2D eigenvalue weighted by Gasteiger charge is 2.56. The van der Waals surface area contributed by atoms with Crippen molar-refractivity contribution in [2.75, 3.05) is 26.2 Å². The van der Waals surface area contributed by atoms with E-state index in [9.17, 15) is 5.11 Å². The minimum absolute atomic E-state index is 0.305. The highest BCUT2D eigenvalue weighted by molar-refractivity contribution is 5.35. The number of allylic oxidation sites excluding steroid dienone is 5. The van der Waals surface area contributed by atoms with Crippen LogP contribution in [0.5, 0.6) is 0 Å². The largest absolute Gasteiger partial charge is 0.388 e. The zero-order chi connectivity index (χ0) is 27.8. The van der Waals surface area contributed by atoms with E-state index in [1.54, 1.807) is 0 Å². The van der Waals surface area contributed by atoms with Crippen LogP contribution in [0.25, 0.3) is 0 Å². The lowest BCUT2D eigenvalue weighted by Gasteiger charge is -2.60. The van der Waals surface area contributed by atoms with E-state index >= 15 is 0 Å². The maximum absolute atomic E-state index is 11.6. The van der Waals surface area contributed by atoms with Gasteiger partial charge in [-0.1, -0.05) is 41.0 Å². The average molecular weight is 557 g/mol. The van der Waals surface area contributed by atoms with Gasteiger partial charge in [0.1, 0.15) is 0 Å². The third kappa shape index (κ3) is 5.08. The summed E-state index contributed by atoms with van der Waals surface area (Å²) in [5, 5.41) is 19.1. The molecule has 0 aromatic heterocycles. The lowest BCUT2D eigenvalue weighted by atomic mass is 9.45. The van der Waals surface area contributed by atoms with Gasteiger partial charge in [-0.2, -0.15) is 0 Å². The van der Waals surface area contributed by atoms with Gasteiger partial charge in [-0.05, 0) is 155 Å². The maximum Gasteiger partial charge on any atom is 0.0833 e. The molecule has 0 amide bonds. The van der Waals surface area contributed by atoms with Crippen LogP contribution in [0.1, 0.15) is 97.3 Å².